The second kappa shape index (κ2) is 11.2. The molecule has 0 spiro atoms. The first kappa shape index (κ1) is 23.1. The van der Waals surface area contributed by atoms with Gasteiger partial charge in [-0.1, -0.05) is 43.7 Å². The summed E-state index contributed by atoms with van der Waals surface area (Å²) >= 11 is 1.36. The Morgan fingerprint density at radius 2 is 1.90 bits per heavy atom. The first-order valence-corrected chi connectivity index (χ1v) is 11.6. The van der Waals surface area contributed by atoms with Crippen LogP contribution in [0.25, 0.3) is 0 Å². The Hall–Kier alpha value is -2.55. The number of thioether (sulfide) groups is 1. The van der Waals surface area contributed by atoms with E-state index < -0.39 is 0 Å². The Bertz CT molecular complexity index is 884. The van der Waals surface area contributed by atoms with Crippen molar-refractivity contribution in [3.63, 3.8) is 0 Å². The van der Waals surface area contributed by atoms with E-state index in [2.05, 4.69) is 27.8 Å². The van der Waals surface area contributed by atoms with Crippen LogP contribution >= 0.6 is 11.8 Å². The van der Waals surface area contributed by atoms with Crippen molar-refractivity contribution >= 4 is 23.6 Å². The molecule has 9 heteroatoms. The summed E-state index contributed by atoms with van der Waals surface area (Å²) in [6.07, 6.45) is 4.94. The van der Waals surface area contributed by atoms with Gasteiger partial charge >= 0.3 is 0 Å². The van der Waals surface area contributed by atoms with Crippen LogP contribution in [0.15, 0.2) is 29.4 Å². The molecule has 3 rings (SSSR count). The summed E-state index contributed by atoms with van der Waals surface area (Å²) in [6, 6.07) is 7.68. The number of nitrogens with one attached hydrogen (secondary N) is 2. The Balaban J connectivity index is 1.43. The van der Waals surface area contributed by atoms with Crippen molar-refractivity contribution in [2.45, 2.75) is 56.8 Å². The van der Waals surface area contributed by atoms with Crippen molar-refractivity contribution in [1.29, 1.82) is 0 Å². The van der Waals surface area contributed by atoms with Crippen molar-refractivity contribution in [3.8, 4) is 5.75 Å². The van der Waals surface area contributed by atoms with Gasteiger partial charge in [-0.05, 0) is 36.5 Å². The predicted octanol–water partition coefficient (Wildman–Crippen LogP) is 2.47. The second-order valence-electron chi connectivity index (χ2n) is 7.98. The molecule has 0 unspecified atom stereocenters. The molecule has 2 amide bonds. The van der Waals surface area contributed by atoms with E-state index >= 15 is 0 Å². The predicted molar refractivity (Wildman–Crippen MR) is 120 cm³/mol. The zero-order valence-corrected chi connectivity index (χ0v) is 19.2. The average molecular weight is 446 g/mol. The lowest BCUT2D eigenvalue weighted by molar-refractivity contribution is -0.121. The van der Waals surface area contributed by atoms with Gasteiger partial charge in [-0.15, -0.1) is 10.2 Å². The fraction of sp³-hybridized carbons (Fsp3) is 0.545. The molecule has 8 nitrogen and oxygen atoms in total. The molecule has 0 bridgehead atoms. The molecule has 168 valence electrons. The molecule has 0 radical (unpaired) electrons. The third kappa shape index (κ3) is 6.72. The lowest BCUT2D eigenvalue weighted by Crippen LogP contribution is -2.41. The van der Waals surface area contributed by atoms with Gasteiger partial charge in [0.15, 0.2) is 11.0 Å². The van der Waals surface area contributed by atoms with Gasteiger partial charge in [-0.3, -0.25) is 9.59 Å². The topological polar surface area (TPSA) is 98.1 Å². The molecule has 1 aromatic carbocycles. The van der Waals surface area contributed by atoms with Crippen molar-refractivity contribution in [2.24, 2.45) is 13.0 Å². The van der Waals surface area contributed by atoms with E-state index in [1.165, 1.54) is 31.0 Å². The number of nitrogens with zero attached hydrogens (tertiary/aromatic N) is 3. The molecule has 31 heavy (non-hydrogen) atoms. The number of benzene rings is 1. The monoisotopic (exact) mass is 445 g/mol. The van der Waals surface area contributed by atoms with E-state index in [1.807, 2.05) is 35.9 Å². The highest BCUT2D eigenvalue weighted by Crippen LogP contribution is 2.24. The molecule has 1 aromatic heterocycles. The first-order chi connectivity index (χ1) is 15.0. The number of hydrogen-bond donors (Lipinski definition) is 2. The van der Waals surface area contributed by atoms with E-state index in [-0.39, 0.29) is 30.8 Å². The van der Waals surface area contributed by atoms with Crippen molar-refractivity contribution in [2.75, 3.05) is 12.9 Å². The van der Waals surface area contributed by atoms with Crippen LogP contribution in [-0.4, -0.2) is 45.5 Å². The maximum atomic E-state index is 12.3. The second-order valence-corrected chi connectivity index (χ2v) is 8.93. The summed E-state index contributed by atoms with van der Waals surface area (Å²) in [5, 5.41) is 15.0. The van der Waals surface area contributed by atoms with E-state index in [1.54, 1.807) is 7.11 Å². The largest absolute Gasteiger partial charge is 0.497 e. The van der Waals surface area contributed by atoms with Crippen LogP contribution < -0.4 is 15.4 Å². The van der Waals surface area contributed by atoms with E-state index in [4.69, 9.17) is 4.74 Å². The minimum absolute atomic E-state index is 0.0288. The van der Waals surface area contributed by atoms with Gasteiger partial charge in [0, 0.05) is 13.1 Å². The number of amides is 2. The number of hydrogen-bond acceptors (Lipinski definition) is 6. The van der Waals surface area contributed by atoms with Gasteiger partial charge in [-0.25, -0.2) is 0 Å². The minimum atomic E-state index is -0.0941. The molecule has 2 N–H and O–H groups in total. The average Bonchev–Trinajstić information content (AvgIpc) is 3.12. The number of rotatable bonds is 9. The molecule has 1 heterocycles. The van der Waals surface area contributed by atoms with Crippen LogP contribution in [0.2, 0.25) is 0 Å². The molecule has 1 aliphatic carbocycles. The summed E-state index contributed by atoms with van der Waals surface area (Å²) in [7, 11) is 3.45. The Labute approximate surface area is 187 Å². The normalized spacial score (nSPS) is 18.4. The number of ether oxygens (including phenoxy) is 1. The zero-order valence-electron chi connectivity index (χ0n) is 18.4. The van der Waals surface area contributed by atoms with Crippen LogP contribution in [0.5, 0.6) is 5.75 Å². The smallest absolute Gasteiger partial charge is 0.230 e. The molecule has 0 saturated heterocycles. The third-order valence-electron chi connectivity index (χ3n) is 5.68. The summed E-state index contributed by atoms with van der Waals surface area (Å²) in [6.45, 7) is 2.49. The van der Waals surface area contributed by atoms with Crippen LogP contribution in [0, 0.1) is 5.92 Å². The van der Waals surface area contributed by atoms with E-state index in [9.17, 15) is 9.59 Å². The van der Waals surface area contributed by atoms with Gasteiger partial charge < -0.3 is 19.9 Å². The van der Waals surface area contributed by atoms with Crippen LogP contribution in [0.4, 0.5) is 0 Å². The maximum absolute atomic E-state index is 12.3. The van der Waals surface area contributed by atoms with Gasteiger partial charge in [0.1, 0.15) is 5.75 Å². The number of carbonyl (C=O) groups is 2. The van der Waals surface area contributed by atoms with E-state index in [0.717, 1.165) is 17.7 Å². The molecule has 0 aliphatic heterocycles. The van der Waals surface area contributed by atoms with Gasteiger partial charge in [0.05, 0.1) is 25.8 Å². The standard InChI is InChI=1S/C22H31N5O3S/c1-15-6-4-5-7-18(15)24-21(29)14-31-22-26-25-19(27(22)2)13-23-20(28)12-16-8-10-17(30-3)11-9-16/h8-11,15,18H,4-7,12-14H2,1-3H3,(H,23,28)(H,24,29)/t15-,18+/m1/s1. The molecule has 1 fully saturated rings. The Kier molecular flexibility index (Phi) is 8.34. The number of carbonyl (C=O) groups excluding carboxylic acids is 2. The van der Waals surface area contributed by atoms with Crippen LogP contribution in [0.1, 0.15) is 44.0 Å². The molecular formula is C22H31N5O3S. The highest BCUT2D eigenvalue weighted by molar-refractivity contribution is 7.99. The minimum Gasteiger partial charge on any atom is -0.497 e. The van der Waals surface area contributed by atoms with Crippen LogP contribution in [0.3, 0.4) is 0 Å². The molecule has 1 saturated carbocycles. The first-order valence-electron chi connectivity index (χ1n) is 10.7. The van der Waals surface area contributed by atoms with Crippen molar-refractivity contribution < 1.29 is 14.3 Å². The fourth-order valence-corrected chi connectivity index (χ4v) is 4.44. The van der Waals surface area contributed by atoms with Gasteiger partial charge in [0.25, 0.3) is 0 Å². The van der Waals surface area contributed by atoms with Gasteiger partial charge in [-0.2, -0.15) is 0 Å². The van der Waals surface area contributed by atoms with Crippen molar-refractivity contribution in [1.82, 2.24) is 25.4 Å². The van der Waals surface area contributed by atoms with Crippen LogP contribution in [-0.2, 0) is 29.6 Å². The quantitative estimate of drug-likeness (QED) is 0.576. The molecule has 2 aromatic rings. The molecule has 2 atom stereocenters. The Morgan fingerprint density at radius 3 is 2.61 bits per heavy atom. The third-order valence-corrected chi connectivity index (χ3v) is 6.70. The summed E-state index contributed by atoms with van der Waals surface area (Å²) in [5.41, 5.74) is 0.908. The highest BCUT2D eigenvalue weighted by Gasteiger charge is 2.23. The number of methoxy groups -OCH3 is 1. The summed E-state index contributed by atoms with van der Waals surface area (Å²) in [5.74, 6) is 2.18. The van der Waals surface area contributed by atoms with E-state index in [0.29, 0.717) is 22.7 Å². The molecular weight excluding hydrogens is 414 g/mol. The maximum Gasteiger partial charge on any atom is 0.230 e. The van der Waals surface area contributed by atoms with Crippen molar-refractivity contribution in [3.05, 3.63) is 35.7 Å². The summed E-state index contributed by atoms with van der Waals surface area (Å²) < 4.78 is 6.94. The summed E-state index contributed by atoms with van der Waals surface area (Å²) in [4.78, 5) is 24.6. The fourth-order valence-electron chi connectivity index (χ4n) is 3.70. The Morgan fingerprint density at radius 1 is 1.16 bits per heavy atom. The highest BCUT2D eigenvalue weighted by atomic mass is 32.2. The lowest BCUT2D eigenvalue weighted by atomic mass is 9.86. The zero-order chi connectivity index (χ0) is 22.2. The number of aromatic nitrogens is 3. The SMILES string of the molecule is COc1ccc(CC(=O)NCc2nnc(SCC(=O)N[C@H]3CCCC[C@H]3C)n2C)cc1. The molecule has 1 aliphatic rings. The lowest BCUT2D eigenvalue weighted by Gasteiger charge is -2.29. The van der Waals surface area contributed by atoms with Gasteiger partial charge in [0.2, 0.25) is 11.8 Å².